The van der Waals surface area contributed by atoms with Crippen LogP contribution in [0.4, 0.5) is 5.00 Å². The normalized spacial score (nSPS) is 13.0. The molecule has 0 atom stereocenters. The lowest BCUT2D eigenvalue weighted by Crippen LogP contribution is -2.16. The van der Waals surface area contributed by atoms with Crippen LogP contribution < -0.4 is 5.32 Å². The minimum atomic E-state index is -0.381. The minimum Gasteiger partial charge on any atom is -0.462 e. The molecule has 2 heterocycles. The molecule has 0 aliphatic heterocycles. The number of amides is 1. The molecule has 150 valence electrons. The largest absolute Gasteiger partial charge is 0.462 e. The van der Waals surface area contributed by atoms with Gasteiger partial charge in [-0.2, -0.15) is 0 Å². The molecular formula is C21H22N4O3S. The zero-order chi connectivity index (χ0) is 20.2. The molecule has 4 rings (SSSR count). The quantitative estimate of drug-likeness (QED) is 0.626. The van der Waals surface area contributed by atoms with Gasteiger partial charge in [0.15, 0.2) is 5.69 Å². The summed E-state index contributed by atoms with van der Waals surface area (Å²) in [6.07, 6.45) is 5.51. The van der Waals surface area contributed by atoms with Crippen LogP contribution in [0.25, 0.3) is 0 Å². The van der Waals surface area contributed by atoms with Gasteiger partial charge in [-0.25, -0.2) is 9.48 Å². The maximum atomic E-state index is 12.8. The summed E-state index contributed by atoms with van der Waals surface area (Å²) in [5, 5.41) is 11.4. The van der Waals surface area contributed by atoms with Gasteiger partial charge < -0.3 is 10.1 Å². The molecule has 0 radical (unpaired) electrons. The molecule has 1 aliphatic carbocycles. The third kappa shape index (κ3) is 4.22. The lowest BCUT2D eigenvalue weighted by molar-refractivity contribution is 0.0526. The lowest BCUT2D eigenvalue weighted by Gasteiger charge is -2.12. The Morgan fingerprint density at radius 3 is 2.79 bits per heavy atom. The summed E-state index contributed by atoms with van der Waals surface area (Å²) in [4.78, 5) is 26.4. The third-order valence-corrected chi connectivity index (χ3v) is 6.04. The van der Waals surface area contributed by atoms with E-state index in [1.807, 2.05) is 30.3 Å². The standard InChI is InChI=1S/C21H22N4O3S/c1-2-28-21(27)18-15-10-6-7-11-17(15)29-20(18)22-19(26)16-13-25(24-23-16)12-14-8-4-3-5-9-14/h3-5,8-9,13H,2,6-7,10-12H2,1H3,(H,22,26). The Bertz CT molecular complexity index is 1030. The van der Waals surface area contributed by atoms with Crippen molar-refractivity contribution in [1.29, 1.82) is 0 Å². The molecule has 0 bridgehead atoms. The van der Waals surface area contributed by atoms with Gasteiger partial charge in [0.2, 0.25) is 0 Å². The number of fused-ring (bicyclic) bond motifs is 1. The lowest BCUT2D eigenvalue weighted by atomic mass is 9.95. The number of hydrogen-bond acceptors (Lipinski definition) is 6. The number of rotatable bonds is 6. The van der Waals surface area contributed by atoms with Gasteiger partial charge in [0, 0.05) is 4.88 Å². The number of benzene rings is 1. The van der Waals surface area contributed by atoms with E-state index < -0.39 is 0 Å². The van der Waals surface area contributed by atoms with Gasteiger partial charge >= 0.3 is 5.97 Å². The van der Waals surface area contributed by atoms with Gasteiger partial charge in [-0.15, -0.1) is 16.4 Å². The number of aryl methyl sites for hydroxylation is 1. The highest BCUT2D eigenvalue weighted by Gasteiger charge is 2.27. The topological polar surface area (TPSA) is 86.1 Å². The van der Waals surface area contributed by atoms with Crippen LogP contribution in [0.1, 0.15) is 56.6 Å². The molecule has 0 fully saturated rings. The predicted molar refractivity (Wildman–Crippen MR) is 110 cm³/mol. The first-order chi connectivity index (χ1) is 14.2. The van der Waals surface area contributed by atoms with Crippen LogP contribution in [0, 0.1) is 0 Å². The molecule has 0 saturated carbocycles. The van der Waals surface area contributed by atoms with E-state index in [9.17, 15) is 9.59 Å². The van der Waals surface area contributed by atoms with Crippen molar-refractivity contribution >= 4 is 28.2 Å². The highest BCUT2D eigenvalue weighted by Crippen LogP contribution is 2.38. The van der Waals surface area contributed by atoms with Gasteiger partial charge in [0.1, 0.15) is 5.00 Å². The summed E-state index contributed by atoms with van der Waals surface area (Å²) < 4.78 is 6.86. The van der Waals surface area contributed by atoms with Gasteiger partial charge in [0.25, 0.3) is 5.91 Å². The maximum absolute atomic E-state index is 12.8. The fourth-order valence-corrected chi connectivity index (χ4v) is 4.76. The number of hydrogen-bond donors (Lipinski definition) is 1. The molecule has 0 unspecified atom stereocenters. The van der Waals surface area contributed by atoms with E-state index in [1.165, 1.54) is 11.3 Å². The first-order valence-electron chi connectivity index (χ1n) is 9.72. The number of carbonyl (C=O) groups is 2. The second-order valence-electron chi connectivity index (χ2n) is 6.88. The van der Waals surface area contributed by atoms with Crippen LogP contribution in [0.3, 0.4) is 0 Å². The minimum absolute atomic E-state index is 0.210. The number of carbonyl (C=O) groups excluding carboxylic acids is 2. The molecular weight excluding hydrogens is 388 g/mol. The monoisotopic (exact) mass is 410 g/mol. The van der Waals surface area contributed by atoms with Gasteiger partial charge in [0.05, 0.1) is 24.9 Å². The summed E-state index contributed by atoms with van der Waals surface area (Å²) in [7, 11) is 0. The van der Waals surface area contributed by atoms with E-state index in [1.54, 1.807) is 17.8 Å². The molecule has 0 saturated heterocycles. The smallest absolute Gasteiger partial charge is 0.341 e. The molecule has 29 heavy (non-hydrogen) atoms. The Hall–Kier alpha value is -3.00. The Labute approximate surface area is 172 Å². The van der Waals surface area contributed by atoms with Gasteiger partial charge in [-0.1, -0.05) is 35.5 Å². The molecule has 7 nitrogen and oxygen atoms in total. The Morgan fingerprint density at radius 1 is 1.21 bits per heavy atom. The van der Waals surface area contributed by atoms with Crippen LogP contribution >= 0.6 is 11.3 Å². The SMILES string of the molecule is CCOC(=O)c1c(NC(=O)c2cn(Cc3ccccc3)nn2)sc2c1CCCC2. The Kier molecular flexibility index (Phi) is 5.71. The summed E-state index contributed by atoms with van der Waals surface area (Å²) in [5.74, 6) is -0.761. The van der Waals surface area contributed by atoms with Crippen LogP contribution in [0.15, 0.2) is 36.5 Å². The summed E-state index contributed by atoms with van der Waals surface area (Å²) in [6.45, 7) is 2.60. The van der Waals surface area contributed by atoms with E-state index in [4.69, 9.17) is 4.74 Å². The van der Waals surface area contributed by atoms with Crippen molar-refractivity contribution in [3.8, 4) is 0 Å². The van der Waals surface area contributed by atoms with E-state index in [2.05, 4.69) is 15.6 Å². The van der Waals surface area contributed by atoms with Crippen molar-refractivity contribution < 1.29 is 14.3 Å². The van der Waals surface area contributed by atoms with Gasteiger partial charge in [-0.05, 0) is 43.7 Å². The van der Waals surface area contributed by atoms with Crippen molar-refractivity contribution in [2.24, 2.45) is 0 Å². The predicted octanol–water partition coefficient (Wildman–Crippen LogP) is 3.70. The first-order valence-corrected chi connectivity index (χ1v) is 10.5. The number of esters is 1. The number of anilines is 1. The Balaban J connectivity index is 1.54. The molecule has 8 heteroatoms. The fourth-order valence-electron chi connectivity index (χ4n) is 3.49. The number of aromatic nitrogens is 3. The van der Waals surface area contributed by atoms with Crippen LogP contribution in [0.2, 0.25) is 0 Å². The van der Waals surface area contributed by atoms with Crippen LogP contribution in [0.5, 0.6) is 0 Å². The Morgan fingerprint density at radius 2 is 2.00 bits per heavy atom. The first kappa shape index (κ1) is 19.3. The molecule has 3 aromatic rings. The van der Waals surface area contributed by atoms with Crippen molar-refractivity contribution in [3.05, 3.63) is 63.8 Å². The van der Waals surface area contributed by atoms with Crippen molar-refractivity contribution in [1.82, 2.24) is 15.0 Å². The zero-order valence-electron chi connectivity index (χ0n) is 16.2. The average Bonchev–Trinajstić information content (AvgIpc) is 3.33. The van der Waals surface area contributed by atoms with Crippen LogP contribution in [-0.4, -0.2) is 33.5 Å². The molecule has 2 aromatic heterocycles. The molecule has 1 N–H and O–H groups in total. The average molecular weight is 410 g/mol. The maximum Gasteiger partial charge on any atom is 0.341 e. The molecule has 1 aromatic carbocycles. The van der Waals surface area contributed by atoms with Crippen molar-refractivity contribution in [2.45, 2.75) is 39.2 Å². The van der Waals surface area contributed by atoms with E-state index >= 15 is 0 Å². The van der Waals surface area contributed by atoms with Crippen LogP contribution in [-0.2, 0) is 24.1 Å². The number of nitrogens with one attached hydrogen (secondary N) is 1. The third-order valence-electron chi connectivity index (χ3n) is 4.84. The van der Waals surface area contributed by atoms with E-state index in [0.717, 1.165) is 41.7 Å². The molecule has 0 spiro atoms. The zero-order valence-corrected chi connectivity index (χ0v) is 17.0. The van der Waals surface area contributed by atoms with E-state index in [0.29, 0.717) is 23.7 Å². The highest BCUT2D eigenvalue weighted by atomic mass is 32.1. The summed E-state index contributed by atoms with van der Waals surface area (Å²) in [6, 6.07) is 9.84. The van der Waals surface area contributed by atoms with E-state index in [-0.39, 0.29) is 17.6 Å². The summed E-state index contributed by atoms with van der Waals surface area (Å²) in [5.41, 5.74) is 2.79. The highest BCUT2D eigenvalue weighted by molar-refractivity contribution is 7.17. The fraction of sp³-hybridized carbons (Fsp3) is 0.333. The molecule has 1 amide bonds. The second-order valence-corrected chi connectivity index (χ2v) is 7.98. The molecule has 1 aliphatic rings. The summed E-state index contributed by atoms with van der Waals surface area (Å²) >= 11 is 1.46. The number of ether oxygens (including phenoxy) is 1. The number of nitrogens with zero attached hydrogens (tertiary/aromatic N) is 3. The van der Waals surface area contributed by atoms with Gasteiger partial charge in [-0.3, -0.25) is 4.79 Å². The number of thiophene rings is 1. The second kappa shape index (κ2) is 8.57. The van der Waals surface area contributed by atoms with Crippen molar-refractivity contribution in [3.63, 3.8) is 0 Å². The van der Waals surface area contributed by atoms with Crippen molar-refractivity contribution in [2.75, 3.05) is 11.9 Å².